The van der Waals surface area contributed by atoms with Gasteiger partial charge >= 0.3 is 0 Å². The summed E-state index contributed by atoms with van der Waals surface area (Å²) in [7, 11) is 0. The Morgan fingerprint density at radius 3 is 2.69 bits per heavy atom. The molecule has 4 nitrogen and oxygen atoms in total. The number of amides is 1. The van der Waals surface area contributed by atoms with Crippen LogP contribution in [0.25, 0.3) is 0 Å². The van der Waals surface area contributed by atoms with Gasteiger partial charge in [-0.15, -0.1) is 0 Å². The number of benzene rings is 1. The zero-order chi connectivity index (χ0) is 18.6. The summed E-state index contributed by atoms with van der Waals surface area (Å²) in [5.41, 5.74) is 3.17. The van der Waals surface area contributed by atoms with Crippen LogP contribution in [0.2, 0.25) is 0 Å². The third kappa shape index (κ3) is 3.85. The molecule has 0 unspecified atom stereocenters. The number of hydrogen-bond donors (Lipinski definition) is 0. The van der Waals surface area contributed by atoms with Gasteiger partial charge in [0.1, 0.15) is 11.4 Å². The van der Waals surface area contributed by atoms with E-state index in [9.17, 15) is 4.79 Å². The van der Waals surface area contributed by atoms with Crippen LogP contribution >= 0.6 is 0 Å². The quantitative estimate of drug-likeness (QED) is 0.673. The molecule has 4 heteroatoms. The fraction of sp³-hybridized carbons (Fsp3) is 0.636. The van der Waals surface area contributed by atoms with E-state index in [0.717, 1.165) is 56.3 Å². The first-order chi connectivity index (χ1) is 12.6. The molecule has 2 aliphatic rings. The van der Waals surface area contributed by atoms with E-state index in [-0.39, 0.29) is 5.91 Å². The van der Waals surface area contributed by atoms with Crippen molar-refractivity contribution in [3.05, 3.63) is 34.9 Å². The Kier molecular flexibility index (Phi) is 6.13. The molecule has 0 radical (unpaired) electrons. The number of unbranched alkanes of at least 4 members (excludes halogenated alkanes) is 1. The number of amidine groups is 1. The van der Waals surface area contributed by atoms with Crippen LogP contribution in [-0.2, 0) is 22.7 Å². The van der Waals surface area contributed by atoms with Gasteiger partial charge in [0.05, 0.1) is 13.2 Å². The van der Waals surface area contributed by atoms with Crippen LogP contribution in [0.5, 0.6) is 0 Å². The summed E-state index contributed by atoms with van der Waals surface area (Å²) in [6.07, 6.45) is 7.18. The SMILES string of the molecule is CCCCC1=NC2(CCCC2)C(=O)N1Cc1ccc(C)c(COCC)c1. The number of ether oxygens (including phenoxy) is 1. The predicted molar refractivity (Wildman–Crippen MR) is 105 cm³/mol. The van der Waals surface area contributed by atoms with Gasteiger partial charge in [0.2, 0.25) is 0 Å². The largest absolute Gasteiger partial charge is 0.377 e. The van der Waals surface area contributed by atoms with Crippen LogP contribution < -0.4 is 0 Å². The third-order valence-electron chi connectivity index (χ3n) is 5.70. The second kappa shape index (κ2) is 8.34. The van der Waals surface area contributed by atoms with Gasteiger partial charge < -0.3 is 4.74 Å². The van der Waals surface area contributed by atoms with Crippen LogP contribution in [0, 0.1) is 6.92 Å². The Morgan fingerprint density at radius 2 is 2.00 bits per heavy atom. The number of rotatable bonds is 8. The van der Waals surface area contributed by atoms with Crippen molar-refractivity contribution in [1.82, 2.24) is 4.90 Å². The number of aliphatic imine (C=N–C) groups is 1. The minimum Gasteiger partial charge on any atom is -0.377 e. The highest BCUT2D eigenvalue weighted by molar-refractivity contribution is 6.08. The van der Waals surface area contributed by atoms with Gasteiger partial charge in [0, 0.05) is 13.0 Å². The molecule has 0 saturated heterocycles. The first-order valence-corrected chi connectivity index (χ1v) is 10.2. The fourth-order valence-corrected chi connectivity index (χ4v) is 4.07. The molecule has 1 aliphatic carbocycles. The molecule has 1 spiro atoms. The Balaban J connectivity index is 1.80. The molecule has 0 aromatic heterocycles. The Morgan fingerprint density at radius 1 is 1.23 bits per heavy atom. The van der Waals surface area contributed by atoms with E-state index in [1.807, 2.05) is 11.8 Å². The van der Waals surface area contributed by atoms with E-state index >= 15 is 0 Å². The Labute approximate surface area is 157 Å². The second-order valence-electron chi connectivity index (χ2n) is 7.66. The summed E-state index contributed by atoms with van der Waals surface area (Å²) in [6, 6.07) is 6.46. The predicted octanol–water partition coefficient (Wildman–Crippen LogP) is 4.78. The topological polar surface area (TPSA) is 41.9 Å². The first-order valence-electron chi connectivity index (χ1n) is 10.2. The highest BCUT2D eigenvalue weighted by atomic mass is 16.5. The molecular weight excluding hydrogens is 324 g/mol. The van der Waals surface area contributed by atoms with Crippen molar-refractivity contribution < 1.29 is 9.53 Å². The van der Waals surface area contributed by atoms with Gasteiger partial charge in [-0.3, -0.25) is 14.7 Å². The average molecular weight is 357 g/mol. The van der Waals surface area contributed by atoms with Crippen molar-refractivity contribution in [2.24, 2.45) is 4.99 Å². The first kappa shape index (κ1) is 19.1. The van der Waals surface area contributed by atoms with Crippen LogP contribution in [0.3, 0.4) is 0 Å². The Hall–Kier alpha value is -1.68. The molecule has 1 heterocycles. The zero-order valence-electron chi connectivity index (χ0n) is 16.5. The van der Waals surface area contributed by atoms with E-state index in [1.54, 1.807) is 0 Å². The van der Waals surface area contributed by atoms with Crippen LogP contribution in [0.15, 0.2) is 23.2 Å². The number of nitrogens with zero attached hydrogens (tertiary/aromatic N) is 2. The van der Waals surface area contributed by atoms with Crippen molar-refractivity contribution in [2.45, 2.75) is 84.4 Å². The molecule has 3 rings (SSSR count). The zero-order valence-corrected chi connectivity index (χ0v) is 16.5. The number of carbonyl (C=O) groups excluding carboxylic acids is 1. The molecule has 1 aliphatic heterocycles. The van der Waals surface area contributed by atoms with Gasteiger partial charge in [-0.2, -0.15) is 0 Å². The number of carbonyl (C=O) groups is 1. The van der Waals surface area contributed by atoms with Gasteiger partial charge in [0.25, 0.3) is 5.91 Å². The smallest absolute Gasteiger partial charge is 0.256 e. The van der Waals surface area contributed by atoms with Crippen molar-refractivity contribution in [1.29, 1.82) is 0 Å². The van der Waals surface area contributed by atoms with E-state index < -0.39 is 5.54 Å². The third-order valence-corrected chi connectivity index (χ3v) is 5.70. The molecule has 1 saturated carbocycles. The fourth-order valence-electron chi connectivity index (χ4n) is 4.07. The molecule has 0 N–H and O–H groups in total. The lowest BCUT2D eigenvalue weighted by molar-refractivity contribution is -0.131. The lowest BCUT2D eigenvalue weighted by atomic mass is 9.98. The van der Waals surface area contributed by atoms with E-state index in [1.165, 1.54) is 11.1 Å². The molecule has 1 aromatic rings. The van der Waals surface area contributed by atoms with Crippen molar-refractivity contribution >= 4 is 11.7 Å². The van der Waals surface area contributed by atoms with Crippen molar-refractivity contribution in [3.8, 4) is 0 Å². The van der Waals surface area contributed by atoms with Crippen LogP contribution in [0.1, 0.15) is 75.5 Å². The molecule has 26 heavy (non-hydrogen) atoms. The summed E-state index contributed by atoms with van der Waals surface area (Å²) in [5, 5.41) is 0. The van der Waals surface area contributed by atoms with Gasteiger partial charge in [-0.1, -0.05) is 44.4 Å². The van der Waals surface area contributed by atoms with Crippen molar-refractivity contribution in [3.63, 3.8) is 0 Å². The molecule has 1 fully saturated rings. The van der Waals surface area contributed by atoms with Crippen molar-refractivity contribution in [2.75, 3.05) is 6.61 Å². The molecule has 1 amide bonds. The summed E-state index contributed by atoms with van der Waals surface area (Å²) < 4.78 is 5.59. The highest BCUT2D eigenvalue weighted by Gasteiger charge is 2.49. The second-order valence-corrected chi connectivity index (χ2v) is 7.66. The summed E-state index contributed by atoms with van der Waals surface area (Å²) in [6.45, 7) is 8.28. The number of aryl methyl sites for hydroxylation is 1. The van der Waals surface area contributed by atoms with E-state index in [0.29, 0.717) is 19.8 Å². The highest BCUT2D eigenvalue weighted by Crippen LogP contribution is 2.40. The maximum absolute atomic E-state index is 13.2. The standard InChI is InChI=1S/C22H32N2O2/c1-4-6-9-20-23-22(12-7-8-13-22)21(25)24(20)15-18-11-10-17(3)19(14-18)16-26-5-2/h10-11,14H,4-9,12-13,15-16H2,1-3H3. The Bertz CT molecular complexity index is 675. The lowest BCUT2D eigenvalue weighted by Gasteiger charge is -2.23. The van der Waals surface area contributed by atoms with Crippen LogP contribution in [-0.4, -0.2) is 28.8 Å². The average Bonchev–Trinajstić information content (AvgIpc) is 3.21. The summed E-state index contributed by atoms with van der Waals surface area (Å²) >= 11 is 0. The van der Waals surface area contributed by atoms with Gasteiger partial charge in [-0.05, 0) is 49.8 Å². The van der Waals surface area contributed by atoms with Gasteiger partial charge in [0.15, 0.2) is 0 Å². The van der Waals surface area contributed by atoms with E-state index in [4.69, 9.17) is 9.73 Å². The van der Waals surface area contributed by atoms with Crippen LogP contribution in [0.4, 0.5) is 0 Å². The molecule has 1 aromatic carbocycles. The summed E-state index contributed by atoms with van der Waals surface area (Å²) in [4.78, 5) is 20.2. The lowest BCUT2D eigenvalue weighted by Crippen LogP contribution is -2.40. The molecule has 142 valence electrons. The monoisotopic (exact) mass is 356 g/mol. The molecule has 0 bridgehead atoms. The minimum atomic E-state index is -0.443. The molecular formula is C22H32N2O2. The maximum Gasteiger partial charge on any atom is 0.256 e. The maximum atomic E-state index is 13.2. The normalized spacial score (nSPS) is 18.8. The minimum absolute atomic E-state index is 0.230. The number of hydrogen-bond acceptors (Lipinski definition) is 3. The van der Waals surface area contributed by atoms with E-state index in [2.05, 4.69) is 32.0 Å². The molecule has 0 atom stereocenters. The summed E-state index contributed by atoms with van der Waals surface area (Å²) in [5.74, 6) is 1.23. The van der Waals surface area contributed by atoms with Gasteiger partial charge in [-0.25, -0.2) is 0 Å².